The Labute approximate surface area is 82.3 Å². The molecule has 0 spiro atoms. The van der Waals surface area contributed by atoms with Gasteiger partial charge in [0.05, 0.1) is 7.11 Å². The zero-order valence-electron chi connectivity index (χ0n) is 7.99. The smallest absolute Gasteiger partial charge is 0.171 e. The Morgan fingerprint density at radius 1 is 1.57 bits per heavy atom. The zero-order chi connectivity index (χ0) is 10.6. The number of ketones is 1. The second kappa shape index (κ2) is 4.62. The molecule has 4 heteroatoms. The number of ether oxygens (including phenoxy) is 1. The molecule has 0 aliphatic heterocycles. The first-order valence-electron chi connectivity index (χ1n) is 4.30. The number of methoxy groups -OCH3 is 1. The number of nitrogens with two attached hydrogens (primary N) is 1. The van der Waals surface area contributed by atoms with Gasteiger partial charge in [0.1, 0.15) is 17.1 Å². The van der Waals surface area contributed by atoms with Crippen molar-refractivity contribution >= 4 is 5.78 Å². The molecule has 4 nitrogen and oxygen atoms in total. The summed E-state index contributed by atoms with van der Waals surface area (Å²) in [5.41, 5.74) is 5.47. The fourth-order valence-corrected chi connectivity index (χ4v) is 1.23. The Morgan fingerprint density at radius 3 is 2.86 bits per heavy atom. The molecule has 0 radical (unpaired) electrons. The van der Waals surface area contributed by atoms with Crippen LogP contribution in [0.15, 0.2) is 18.2 Å². The van der Waals surface area contributed by atoms with Gasteiger partial charge in [-0.2, -0.15) is 0 Å². The van der Waals surface area contributed by atoms with E-state index in [9.17, 15) is 9.90 Å². The van der Waals surface area contributed by atoms with E-state index in [2.05, 4.69) is 0 Å². The molecule has 14 heavy (non-hydrogen) atoms. The molecule has 3 N–H and O–H groups in total. The maximum absolute atomic E-state index is 11.5. The van der Waals surface area contributed by atoms with Crippen molar-refractivity contribution < 1.29 is 14.6 Å². The van der Waals surface area contributed by atoms with Gasteiger partial charge in [-0.05, 0) is 18.7 Å². The van der Waals surface area contributed by atoms with Crippen molar-refractivity contribution in [3.63, 3.8) is 0 Å². The highest BCUT2D eigenvalue weighted by atomic mass is 16.5. The van der Waals surface area contributed by atoms with E-state index < -0.39 is 0 Å². The first kappa shape index (κ1) is 10.5. The third-order valence-electron chi connectivity index (χ3n) is 1.87. The minimum absolute atomic E-state index is 0.0669. The third-order valence-corrected chi connectivity index (χ3v) is 1.87. The molecule has 0 aliphatic rings. The molecule has 0 unspecified atom stereocenters. The van der Waals surface area contributed by atoms with E-state index in [0.717, 1.165) is 0 Å². The van der Waals surface area contributed by atoms with Crippen LogP contribution < -0.4 is 10.5 Å². The van der Waals surface area contributed by atoms with Crippen LogP contribution in [-0.4, -0.2) is 24.5 Å². The standard InChI is InChI=1S/C10H13NO3/c1-14-9-4-2-3-7(12)10(9)8(13)5-6-11/h2-4,12H,5-6,11H2,1H3. The Bertz CT molecular complexity index is 336. The molecule has 0 amide bonds. The van der Waals surface area contributed by atoms with Gasteiger partial charge in [-0.1, -0.05) is 6.07 Å². The highest BCUT2D eigenvalue weighted by molar-refractivity contribution is 6.01. The van der Waals surface area contributed by atoms with E-state index in [1.165, 1.54) is 13.2 Å². The number of hydrogen-bond donors (Lipinski definition) is 2. The van der Waals surface area contributed by atoms with Crippen molar-refractivity contribution in [1.29, 1.82) is 0 Å². The Balaban J connectivity index is 3.10. The lowest BCUT2D eigenvalue weighted by atomic mass is 10.1. The summed E-state index contributed by atoms with van der Waals surface area (Å²) in [6.07, 6.45) is 0.202. The van der Waals surface area contributed by atoms with Gasteiger partial charge in [0.2, 0.25) is 0 Å². The molecule has 76 valence electrons. The largest absolute Gasteiger partial charge is 0.507 e. The van der Waals surface area contributed by atoms with Crippen LogP contribution in [0.5, 0.6) is 11.5 Å². The highest BCUT2D eigenvalue weighted by Crippen LogP contribution is 2.28. The Hall–Kier alpha value is -1.55. The van der Waals surface area contributed by atoms with E-state index in [0.29, 0.717) is 5.75 Å². The maximum atomic E-state index is 11.5. The summed E-state index contributed by atoms with van der Waals surface area (Å²) in [6, 6.07) is 4.70. The number of rotatable bonds is 4. The summed E-state index contributed by atoms with van der Waals surface area (Å²) >= 11 is 0. The quantitative estimate of drug-likeness (QED) is 0.701. The van der Waals surface area contributed by atoms with Crippen molar-refractivity contribution in [2.75, 3.05) is 13.7 Å². The number of carbonyl (C=O) groups excluding carboxylic acids is 1. The van der Waals surface area contributed by atoms with Crippen LogP contribution in [0, 0.1) is 0 Å². The number of phenolic OH excluding ortho intramolecular Hbond substituents is 1. The van der Waals surface area contributed by atoms with Gasteiger partial charge < -0.3 is 15.6 Å². The first-order chi connectivity index (χ1) is 6.70. The summed E-state index contributed by atoms with van der Waals surface area (Å²) in [6.45, 7) is 0.260. The molecule has 0 aromatic heterocycles. The van der Waals surface area contributed by atoms with Gasteiger partial charge in [-0.3, -0.25) is 4.79 Å². The molecule has 0 heterocycles. The molecule has 1 aromatic rings. The summed E-state index contributed by atoms with van der Waals surface area (Å²) in [7, 11) is 1.45. The summed E-state index contributed by atoms with van der Waals surface area (Å²) in [4.78, 5) is 11.5. The molecule has 0 atom stereocenters. The normalized spacial score (nSPS) is 9.86. The molecule has 0 aliphatic carbocycles. The van der Waals surface area contributed by atoms with Crippen molar-refractivity contribution in [1.82, 2.24) is 0 Å². The molecular weight excluding hydrogens is 182 g/mol. The number of carbonyl (C=O) groups is 1. The van der Waals surface area contributed by atoms with Crippen LogP contribution in [0.2, 0.25) is 0 Å². The number of phenols is 1. The lowest BCUT2D eigenvalue weighted by molar-refractivity contribution is 0.0980. The number of benzene rings is 1. The second-order valence-electron chi connectivity index (χ2n) is 2.82. The third kappa shape index (κ3) is 2.03. The van der Waals surface area contributed by atoms with E-state index >= 15 is 0 Å². The first-order valence-corrected chi connectivity index (χ1v) is 4.30. The van der Waals surface area contributed by atoms with E-state index in [1.807, 2.05) is 0 Å². The molecule has 0 saturated heterocycles. The summed E-state index contributed by atoms with van der Waals surface area (Å²) < 4.78 is 4.97. The van der Waals surface area contributed by atoms with Crippen LogP contribution in [0.3, 0.4) is 0 Å². The molecule has 1 rings (SSSR count). The van der Waals surface area contributed by atoms with Gasteiger partial charge in [-0.15, -0.1) is 0 Å². The predicted molar refractivity (Wildman–Crippen MR) is 52.7 cm³/mol. The van der Waals surface area contributed by atoms with Crippen LogP contribution in [0.25, 0.3) is 0 Å². The van der Waals surface area contributed by atoms with Crippen molar-refractivity contribution in [2.45, 2.75) is 6.42 Å². The summed E-state index contributed by atoms with van der Waals surface area (Å²) in [5, 5.41) is 9.48. The van der Waals surface area contributed by atoms with Crippen LogP contribution in [-0.2, 0) is 0 Å². The monoisotopic (exact) mass is 195 g/mol. The molecule has 0 saturated carbocycles. The van der Waals surface area contributed by atoms with Crippen LogP contribution in [0.1, 0.15) is 16.8 Å². The van der Waals surface area contributed by atoms with Gasteiger partial charge in [0, 0.05) is 6.42 Å². The van der Waals surface area contributed by atoms with E-state index in [-0.39, 0.29) is 30.1 Å². The SMILES string of the molecule is COc1cccc(O)c1C(=O)CCN. The van der Waals surface area contributed by atoms with Gasteiger partial charge in [0.15, 0.2) is 5.78 Å². The molecule has 1 aromatic carbocycles. The van der Waals surface area contributed by atoms with Crippen LogP contribution in [0.4, 0.5) is 0 Å². The topological polar surface area (TPSA) is 72.5 Å². The number of aromatic hydroxyl groups is 1. The van der Waals surface area contributed by atoms with Crippen molar-refractivity contribution in [3.05, 3.63) is 23.8 Å². The van der Waals surface area contributed by atoms with Gasteiger partial charge in [-0.25, -0.2) is 0 Å². The Kier molecular flexibility index (Phi) is 3.48. The molecule has 0 bridgehead atoms. The fourth-order valence-electron chi connectivity index (χ4n) is 1.23. The highest BCUT2D eigenvalue weighted by Gasteiger charge is 2.15. The number of hydrogen-bond acceptors (Lipinski definition) is 4. The lowest BCUT2D eigenvalue weighted by Crippen LogP contribution is -2.09. The average Bonchev–Trinajstić information content (AvgIpc) is 2.17. The van der Waals surface area contributed by atoms with Gasteiger partial charge >= 0.3 is 0 Å². The van der Waals surface area contributed by atoms with Crippen LogP contribution >= 0.6 is 0 Å². The second-order valence-corrected chi connectivity index (χ2v) is 2.82. The predicted octanol–water partition coefficient (Wildman–Crippen LogP) is 0.932. The fraction of sp³-hybridized carbons (Fsp3) is 0.300. The minimum Gasteiger partial charge on any atom is -0.507 e. The Morgan fingerprint density at radius 2 is 2.29 bits per heavy atom. The van der Waals surface area contributed by atoms with Gasteiger partial charge in [0.25, 0.3) is 0 Å². The zero-order valence-corrected chi connectivity index (χ0v) is 7.99. The lowest BCUT2D eigenvalue weighted by Gasteiger charge is -2.08. The van der Waals surface area contributed by atoms with Crippen molar-refractivity contribution in [2.24, 2.45) is 5.73 Å². The van der Waals surface area contributed by atoms with Crippen molar-refractivity contribution in [3.8, 4) is 11.5 Å². The minimum atomic E-state index is -0.206. The molecule has 0 fully saturated rings. The maximum Gasteiger partial charge on any atom is 0.171 e. The molecular formula is C10H13NO3. The van der Waals surface area contributed by atoms with E-state index in [1.54, 1.807) is 12.1 Å². The number of Topliss-reactive ketones (excluding diaryl/α,β-unsaturated/α-hetero) is 1. The summed E-state index contributed by atoms with van der Waals surface area (Å²) in [5.74, 6) is 0.105. The van der Waals surface area contributed by atoms with E-state index in [4.69, 9.17) is 10.5 Å². The average molecular weight is 195 g/mol.